The van der Waals surface area contributed by atoms with Gasteiger partial charge in [-0.3, -0.25) is 4.79 Å². The minimum Gasteiger partial charge on any atom is -0.493 e. The summed E-state index contributed by atoms with van der Waals surface area (Å²) < 4.78 is 41.4. The molecule has 3 nitrogen and oxygen atoms in total. The van der Waals surface area contributed by atoms with Gasteiger partial charge in [-0.2, -0.15) is 13.2 Å². The van der Waals surface area contributed by atoms with Gasteiger partial charge in [0.1, 0.15) is 5.75 Å². The molecule has 0 saturated heterocycles. The zero-order valence-corrected chi connectivity index (χ0v) is 10.9. The van der Waals surface area contributed by atoms with Gasteiger partial charge in [-0.1, -0.05) is 12.1 Å². The van der Waals surface area contributed by atoms with Crippen LogP contribution in [0.5, 0.6) is 5.75 Å². The van der Waals surface area contributed by atoms with Gasteiger partial charge in [0.05, 0.1) is 13.0 Å². The van der Waals surface area contributed by atoms with Crippen molar-refractivity contribution in [3.05, 3.63) is 29.3 Å². The smallest absolute Gasteiger partial charge is 0.389 e. The molecule has 0 bridgehead atoms. The Bertz CT molecular complexity index is 486. The minimum absolute atomic E-state index is 0.240. The molecule has 0 saturated carbocycles. The van der Waals surface area contributed by atoms with E-state index in [1.165, 1.54) is 0 Å². The summed E-state index contributed by atoms with van der Waals surface area (Å²) in [6, 6.07) is 5.58. The second kappa shape index (κ2) is 6.15. The minimum atomic E-state index is -4.29. The molecule has 6 heteroatoms. The third-order valence-corrected chi connectivity index (χ3v) is 3.10. The maximum atomic E-state index is 12.0. The summed E-state index contributed by atoms with van der Waals surface area (Å²) in [4.78, 5) is 11.3. The Balaban J connectivity index is 1.83. The van der Waals surface area contributed by atoms with Gasteiger partial charge in [0, 0.05) is 13.0 Å². The summed E-state index contributed by atoms with van der Waals surface area (Å²) in [5, 5.41) is 2.50. The average molecular weight is 287 g/mol. The van der Waals surface area contributed by atoms with Crippen LogP contribution in [0.1, 0.15) is 30.4 Å². The SMILES string of the molecule is O=C(CCC(F)(F)F)NCc1ccc2c(c1)CCCO2. The molecule has 0 radical (unpaired) electrons. The van der Waals surface area contributed by atoms with Crippen molar-refractivity contribution in [3.63, 3.8) is 0 Å². The highest BCUT2D eigenvalue weighted by Crippen LogP contribution is 2.25. The normalized spacial score (nSPS) is 14.3. The highest BCUT2D eigenvalue weighted by molar-refractivity contribution is 5.75. The van der Waals surface area contributed by atoms with Crippen LogP contribution in [0.15, 0.2) is 18.2 Å². The molecule has 0 aliphatic carbocycles. The number of aryl methyl sites for hydroxylation is 1. The topological polar surface area (TPSA) is 38.3 Å². The lowest BCUT2D eigenvalue weighted by Gasteiger charge is -2.18. The molecule has 110 valence electrons. The van der Waals surface area contributed by atoms with Gasteiger partial charge in [-0.25, -0.2) is 0 Å². The number of fused-ring (bicyclic) bond motifs is 1. The number of nitrogens with one attached hydrogen (secondary N) is 1. The summed E-state index contributed by atoms with van der Waals surface area (Å²) >= 11 is 0. The van der Waals surface area contributed by atoms with E-state index in [0.29, 0.717) is 6.61 Å². The van der Waals surface area contributed by atoms with Crippen molar-refractivity contribution in [3.8, 4) is 5.75 Å². The maximum absolute atomic E-state index is 12.0. The van der Waals surface area contributed by atoms with Gasteiger partial charge in [-0.15, -0.1) is 0 Å². The summed E-state index contributed by atoms with van der Waals surface area (Å²) in [5.74, 6) is 0.264. The molecule has 2 rings (SSSR count). The number of benzene rings is 1. The first kappa shape index (κ1) is 14.7. The summed E-state index contributed by atoms with van der Waals surface area (Å²) in [6.07, 6.45) is -4.03. The Morgan fingerprint density at radius 3 is 2.90 bits per heavy atom. The van der Waals surface area contributed by atoms with E-state index >= 15 is 0 Å². The number of hydrogen-bond donors (Lipinski definition) is 1. The molecule has 1 aromatic rings. The lowest BCUT2D eigenvalue weighted by atomic mass is 10.0. The maximum Gasteiger partial charge on any atom is 0.389 e. The molecule has 1 heterocycles. The number of halogens is 3. The standard InChI is InChI=1S/C14H16F3NO2/c15-14(16,17)6-5-13(19)18-9-10-3-4-12-11(8-10)2-1-7-20-12/h3-4,8H,1-2,5-7,9H2,(H,18,19). The fraction of sp³-hybridized carbons (Fsp3) is 0.500. The Morgan fingerprint density at radius 2 is 2.15 bits per heavy atom. The van der Waals surface area contributed by atoms with E-state index in [9.17, 15) is 18.0 Å². The Labute approximate surface area is 115 Å². The van der Waals surface area contributed by atoms with Crippen molar-refractivity contribution in [1.82, 2.24) is 5.32 Å². The van der Waals surface area contributed by atoms with Gasteiger partial charge in [0.25, 0.3) is 0 Å². The molecule has 0 aromatic heterocycles. The third kappa shape index (κ3) is 4.43. The Kier molecular flexibility index (Phi) is 4.52. The van der Waals surface area contributed by atoms with Crippen LogP contribution in [0, 0.1) is 0 Å². The first-order chi connectivity index (χ1) is 9.44. The van der Waals surface area contributed by atoms with Crippen LogP contribution in [-0.4, -0.2) is 18.7 Å². The van der Waals surface area contributed by atoms with E-state index in [4.69, 9.17) is 4.74 Å². The fourth-order valence-corrected chi connectivity index (χ4v) is 2.07. The van der Waals surface area contributed by atoms with Crippen LogP contribution in [-0.2, 0) is 17.8 Å². The van der Waals surface area contributed by atoms with E-state index in [0.717, 1.165) is 29.7 Å². The quantitative estimate of drug-likeness (QED) is 0.924. The van der Waals surface area contributed by atoms with Crippen LogP contribution in [0.25, 0.3) is 0 Å². The molecule has 1 amide bonds. The molecular formula is C14H16F3NO2. The molecule has 0 atom stereocenters. The van der Waals surface area contributed by atoms with Crippen molar-refractivity contribution in [2.24, 2.45) is 0 Å². The molecule has 1 aliphatic heterocycles. The zero-order valence-electron chi connectivity index (χ0n) is 10.9. The molecular weight excluding hydrogens is 271 g/mol. The number of alkyl halides is 3. The molecule has 1 aromatic carbocycles. The highest BCUT2D eigenvalue weighted by atomic mass is 19.4. The number of hydrogen-bond acceptors (Lipinski definition) is 2. The number of carbonyl (C=O) groups excluding carboxylic acids is 1. The molecule has 1 N–H and O–H groups in total. The molecule has 20 heavy (non-hydrogen) atoms. The van der Waals surface area contributed by atoms with Gasteiger partial charge in [0.2, 0.25) is 5.91 Å². The third-order valence-electron chi connectivity index (χ3n) is 3.10. The van der Waals surface area contributed by atoms with Crippen LogP contribution < -0.4 is 10.1 Å². The summed E-state index contributed by atoms with van der Waals surface area (Å²) in [5.41, 5.74) is 1.95. The number of carbonyl (C=O) groups is 1. The predicted molar refractivity (Wildman–Crippen MR) is 67.4 cm³/mol. The number of ether oxygens (including phenoxy) is 1. The number of amides is 1. The van der Waals surface area contributed by atoms with Crippen LogP contribution in [0.4, 0.5) is 13.2 Å². The first-order valence-corrected chi connectivity index (χ1v) is 6.52. The monoisotopic (exact) mass is 287 g/mol. The van der Waals surface area contributed by atoms with Crippen molar-refractivity contribution < 1.29 is 22.7 Å². The van der Waals surface area contributed by atoms with Crippen molar-refractivity contribution in [2.75, 3.05) is 6.61 Å². The molecule has 0 fully saturated rings. The highest BCUT2D eigenvalue weighted by Gasteiger charge is 2.27. The van der Waals surface area contributed by atoms with Crippen LogP contribution in [0.3, 0.4) is 0 Å². The van der Waals surface area contributed by atoms with Crippen LogP contribution in [0.2, 0.25) is 0 Å². The fourth-order valence-electron chi connectivity index (χ4n) is 2.07. The van der Waals surface area contributed by atoms with Crippen molar-refractivity contribution >= 4 is 5.91 Å². The van der Waals surface area contributed by atoms with E-state index < -0.39 is 24.9 Å². The second-order valence-corrected chi connectivity index (χ2v) is 4.79. The Hall–Kier alpha value is -1.72. The molecule has 0 unspecified atom stereocenters. The second-order valence-electron chi connectivity index (χ2n) is 4.79. The number of rotatable bonds is 4. The van der Waals surface area contributed by atoms with E-state index in [2.05, 4.69) is 5.32 Å². The van der Waals surface area contributed by atoms with E-state index in [1.807, 2.05) is 18.2 Å². The van der Waals surface area contributed by atoms with E-state index in [1.54, 1.807) is 0 Å². The predicted octanol–water partition coefficient (Wildman–Crippen LogP) is 2.97. The molecule has 0 spiro atoms. The van der Waals surface area contributed by atoms with Gasteiger partial charge < -0.3 is 10.1 Å². The summed E-state index contributed by atoms with van der Waals surface area (Å²) in [6.45, 7) is 0.949. The lowest BCUT2D eigenvalue weighted by molar-refractivity contribution is -0.144. The van der Waals surface area contributed by atoms with Gasteiger partial charge in [-0.05, 0) is 30.0 Å². The van der Waals surface area contributed by atoms with Crippen LogP contribution >= 0.6 is 0 Å². The van der Waals surface area contributed by atoms with Crippen molar-refractivity contribution in [1.29, 1.82) is 0 Å². The first-order valence-electron chi connectivity index (χ1n) is 6.52. The lowest BCUT2D eigenvalue weighted by Crippen LogP contribution is -2.24. The van der Waals surface area contributed by atoms with E-state index in [-0.39, 0.29) is 6.54 Å². The molecule has 1 aliphatic rings. The van der Waals surface area contributed by atoms with Gasteiger partial charge in [0.15, 0.2) is 0 Å². The largest absolute Gasteiger partial charge is 0.493 e. The zero-order chi connectivity index (χ0) is 14.6. The average Bonchev–Trinajstić information content (AvgIpc) is 2.42. The van der Waals surface area contributed by atoms with Gasteiger partial charge >= 0.3 is 6.18 Å². The summed E-state index contributed by atoms with van der Waals surface area (Å²) in [7, 11) is 0. The van der Waals surface area contributed by atoms with Crippen molar-refractivity contribution in [2.45, 2.75) is 38.4 Å². The Morgan fingerprint density at radius 1 is 1.35 bits per heavy atom.